The van der Waals surface area contributed by atoms with E-state index in [1.54, 1.807) is 6.33 Å². The predicted octanol–water partition coefficient (Wildman–Crippen LogP) is 0.136. The lowest BCUT2D eigenvalue weighted by Crippen LogP contribution is -2.41. The Morgan fingerprint density at radius 2 is 2.09 bits per heavy atom. The maximum atomic E-state index is 11.9. The number of fused-ring (bicyclic) bond motifs is 1. The van der Waals surface area contributed by atoms with Gasteiger partial charge in [-0.05, 0) is 30.1 Å². The minimum atomic E-state index is -0.361. The SMILES string of the molecule is C[C@H]1[C@@H](CO)C[C@@H](n2cnc3c(=O)[nH]c(N)nc32)[C@@H](C)[C@@H]1CO. The third kappa shape index (κ3) is 2.51. The van der Waals surface area contributed by atoms with Crippen LogP contribution in [0, 0.1) is 23.7 Å². The highest BCUT2D eigenvalue weighted by atomic mass is 16.3. The fourth-order valence-corrected chi connectivity index (χ4v) is 3.98. The number of imidazole rings is 1. The smallest absolute Gasteiger partial charge is 0.280 e. The zero-order chi connectivity index (χ0) is 16.7. The number of H-pyrrole nitrogens is 1. The van der Waals surface area contributed by atoms with E-state index in [4.69, 9.17) is 5.73 Å². The molecule has 1 aliphatic carbocycles. The summed E-state index contributed by atoms with van der Waals surface area (Å²) >= 11 is 0. The normalized spacial score (nSPS) is 31.6. The number of aliphatic hydroxyl groups is 2. The molecule has 0 spiro atoms. The van der Waals surface area contributed by atoms with Gasteiger partial charge in [-0.1, -0.05) is 13.8 Å². The monoisotopic (exact) mass is 321 g/mol. The van der Waals surface area contributed by atoms with Crippen LogP contribution in [-0.2, 0) is 0 Å². The Morgan fingerprint density at radius 1 is 1.35 bits per heavy atom. The van der Waals surface area contributed by atoms with Crippen LogP contribution in [0.15, 0.2) is 11.1 Å². The zero-order valence-electron chi connectivity index (χ0n) is 13.3. The highest BCUT2D eigenvalue weighted by molar-refractivity contribution is 5.70. The molecule has 8 nitrogen and oxygen atoms in total. The fraction of sp³-hybridized carbons (Fsp3) is 0.667. The second-order valence-electron chi connectivity index (χ2n) is 6.59. The van der Waals surface area contributed by atoms with Gasteiger partial charge in [-0.15, -0.1) is 0 Å². The molecule has 2 aromatic heterocycles. The van der Waals surface area contributed by atoms with Crippen molar-refractivity contribution in [1.82, 2.24) is 19.5 Å². The molecule has 23 heavy (non-hydrogen) atoms. The summed E-state index contributed by atoms with van der Waals surface area (Å²) < 4.78 is 1.86. The molecule has 1 fully saturated rings. The quantitative estimate of drug-likeness (QED) is 0.636. The van der Waals surface area contributed by atoms with E-state index in [2.05, 4.69) is 28.8 Å². The first-order valence-corrected chi connectivity index (χ1v) is 7.92. The number of nitrogens with two attached hydrogens (primary N) is 1. The van der Waals surface area contributed by atoms with Crippen LogP contribution in [0.2, 0.25) is 0 Å². The largest absolute Gasteiger partial charge is 0.396 e. The Bertz CT molecular complexity index is 755. The van der Waals surface area contributed by atoms with Crippen molar-refractivity contribution in [1.29, 1.82) is 0 Å². The molecular formula is C15H23N5O3. The number of aliphatic hydroxyl groups excluding tert-OH is 2. The molecule has 1 aliphatic rings. The van der Waals surface area contributed by atoms with Gasteiger partial charge in [-0.3, -0.25) is 9.78 Å². The number of hydrogen-bond acceptors (Lipinski definition) is 6. The average Bonchev–Trinajstić information content (AvgIpc) is 2.92. The van der Waals surface area contributed by atoms with Gasteiger partial charge in [0.15, 0.2) is 11.2 Å². The Labute approximate surface area is 133 Å². The van der Waals surface area contributed by atoms with E-state index in [1.165, 1.54) is 0 Å². The van der Waals surface area contributed by atoms with Gasteiger partial charge < -0.3 is 20.5 Å². The highest BCUT2D eigenvalue weighted by Gasteiger charge is 2.41. The Kier molecular flexibility index (Phi) is 4.11. The molecule has 3 rings (SSSR count). The van der Waals surface area contributed by atoms with Crippen LogP contribution in [0.1, 0.15) is 26.3 Å². The van der Waals surface area contributed by atoms with Gasteiger partial charge in [0.05, 0.1) is 6.33 Å². The molecule has 0 radical (unpaired) electrons. The second kappa shape index (κ2) is 5.93. The fourth-order valence-electron chi connectivity index (χ4n) is 3.98. The molecule has 8 heteroatoms. The maximum absolute atomic E-state index is 11.9. The first-order chi connectivity index (χ1) is 11.0. The number of nitrogens with zero attached hydrogens (tertiary/aromatic N) is 3. The Hall–Kier alpha value is -1.93. The van der Waals surface area contributed by atoms with E-state index in [0.29, 0.717) is 5.65 Å². The zero-order valence-corrected chi connectivity index (χ0v) is 13.3. The van der Waals surface area contributed by atoms with Crippen LogP contribution in [0.25, 0.3) is 11.2 Å². The van der Waals surface area contributed by atoms with Crippen LogP contribution < -0.4 is 11.3 Å². The molecule has 0 bridgehead atoms. The molecule has 5 N–H and O–H groups in total. The van der Waals surface area contributed by atoms with Crippen molar-refractivity contribution in [2.24, 2.45) is 23.7 Å². The number of rotatable bonds is 3. The van der Waals surface area contributed by atoms with E-state index in [0.717, 1.165) is 6.42 Å². The van der Waals surface area contributed by atoms with Gasteiger partial charge in [-0.2, -0.15) is 4.98 Å². The highest BCUT2D eigenvalue weighted by Crippen LogP contribution is 2.44. The van der Waals surface area contributed by atoms with Crippen LogP contribution in [0.3, 0.4) is 0 Å². The Balaban J connectivity index is 2.08. The van der Waals surface area contributed by atoms with E-state index in [9.17, 15) is 15.0 Å². The van der Waals surface area contributed by atoms with Crippen molar-refractivity contribution in [3.8, 4) is 0 Å². The van der Waals surface area contributed by atoms with E-state index < -0.39 is 0 Å². The number of aromatic nitrogens is 4. The standard InChI is InChI=1S/C15H23N5O3/c1-7-9(4-21)3-11(8(2)10(7)5-22)20-6-17-12-13(20)18-15(16)19-14(12)23/h6-11,21-22H,3-5H2,1-2H3,(H3,16,18,19,23)/t7-,8-,9+,10+,11+/m0/s1. The number of anilines is 1. The van der Waals surface area contributed by atoms with Crippen molar-refractivity contribution in [2.75, 3.05) is 18.9 Å². The van der Waals surface area contributed by atoms with E-state index in [1.807, 2.05) is 4.57 Å². The molecule has 0 aliphatic heterocycles. The number of hydrogen-bond donors (Lipinski definition) is 4. The third-order valence-corrected chi connectivity index (χ3v) is 5.50. The molecule has 2 heterocycles. The Morgan fingerprint density at radius 3 is 2.74 bits per heavy atom. The lowest BCUT2D eigenvalue weighted by molar-refractivity contribution is 0.00148. The molecule has 0 amide bonds. The van der Waals surface area contributed by atoms with Gasteiger partial charge in [0.1, 0.15) is 0 Å². The summed E-state index contributed by atoms with van der Waals surface area (Å²) in [4.78, 5) is 22.8. The summed E-state index contributed by atoms with van der Waals surface area (Å²) in [6.07, 6.45) is 2.35. The minimum Gasteiger partial charge on any atom is -0.396 e. The summed E-state index contributed by atoms with van der Waals surface area (Å²) in [6, 6.07) is -0.000741. The topological polar surface area (TPSA) is 130 Å². The van der Waals surface area contributed by atoms with Gasteiger partial charge in [0.25, 0.3) is 5.56 Å². The van der Waals surface area contributed by atoms with E-state index >= 15 is 0 Å². The average molecular weight is 321 g/mol. The molecular weight excluding hydrogens is 298 g/mol. The first kappa shape index (κ1) is 15.9. The molecule has 2 aromatic rings. The van der Waals surface area contributed by atoms with Crippen molar-refractivity contribution in [3.63, 3.8) is 0 Å². The summed E-state index contributed by atoms with van der Waals surface area (Å²) in [5.74, 6) is 0.608. The number of nitrogens with one attached hydrogen (secondary N) is 1. The minimum absolute atomic E-state index is 0.000741. The van der Waals surface area contributed by atoms with Crippen LogP contribution in [0.5, 0.6) is 0 Å². The van der Waals surface area contributed by atoms with Gasteiger partial charge in [0.2, 0.25) is 5.95 Å². The number of nitrogen functional groups attached to an aromatic ring is 1. The lowest BCUT2D eigenvalue weighted by Gasteiger charge is -2.44. The first-order valence-electron chi connectivity index (χ1n) is 7.92. The van der Waals surface area contributed by atoms with Crippen molar-refractivity contribution in [3.05, 3.63) is 16.7 Å². The molecule has 0 unspecified atom stereocenters. The molecule has 0 saturated heterocycles. The second-order valence-corrected chi connectivity index (χ2v) is 6.59. The van der Waals surface area contributed by atoms with Gasteiger partial charge in [-0.25, -0.2) is 4.98 Å². The summed E-state index contributed by atoms with van der Waals surface area (Å²) in [6.45, 7) is 4.29. The number of aromatic amines is 1. The lowest BCUT2D eigenvalue weighted by atomic mass is 9.66. The van der Waals surface area contributed by atoms with Gasteiger partial charge >= 0.3 is 0 Å². The third-order valence-electron chi connectivity index (χ3n) is 5.50. The summed E-state index contributed by atoms with van der Waals surface area (Å²) in [7, 11) is 0. The molecule has 126 valence electrons. The predicted molar refractivity (Wildman–Crippen MR) is 85.7 cm³/mol. The van der Waals surface area contributed by atoms with Crippen molar-refractivity contribution >= 4 is 17.1 Å². The van der Waals surface area contributed by atoms with Crippen molar-refractivity contribution in [2.45, 2.75) is 26.3 Å². The maximum Gasteiger partial charge on any atom is 0.280 e. The van der Waals surface area contributed by atoms with Gasteiger partial charge in [0, 0.05) is 19.3 Å². The molecule has 1 saturated carbocycles. The van der Waals surface area contributed by atoms with Crippen LogP contribution in [-0.4, -0.2) is 42.9 Å². The summed E-state index contributed by atoms with van der Waals surface area (Å²) in [5.41, 5.74) is 6.00. The van der Waals surface area contributed by atoms with Crippen LogP contribution >= 0.6 is 0 Å². The summed E-state index contributed by atoms with van der Waals surface area (Å²) in [5, 5.41) is 19.4. The van der Waals surface area contributed by atoms with Crippen LogP contribution in [0.4, 0.5) is 5.95 Å². The molecule has 0 aromatic carbocycles. The van der Waals surface area contributed by atoms with Crippen molar-refractivity contribution < 1.29 is 10.2 Å². The molecule has 5 atom stereocenters. The van der Waals surface area contributed by atoms with E-state index in [-0.39, 0.29) is 60.0 Å².